The van der Waals surface area contributed by atoms with Gasteiger partial charge in [-0.05, 0) is 76.3 Å². The lowest BCUT2D eigenvalue weighted by atomic mass is 10.1. The van der Waals surface area contributed by atoms with E-state index in [-0.39, 0.29) is 5.91 Å². The number of hydrogen-bond donors (Lipinski definition) is 0. The summed E-state index contributed by atoms with van der Waals surface area (Å²) in [4.78, 5) is 21.6. The monoisotopic (exact) mass is 385 g/mol. The van der Waals surface area contributed by atoms with Crippen molar-refractivity contribution in [2.45, 2.75) is 20.3 Å². The number of halogens is 1. The predicted molar refractivity (Wildman–Crippen MR) is 110 cm³/mol. The maximum absolute atomic E-state index is 13.6. The number of nitrogens with zero attached hydrogens (tertiary/aromatic N) is 3. The summed E-state index contributed by atoms with van der Waals surface area (Å²) in [6, 6.07) is 9.95. The van der Waals surface area contributed by atoms with Crippen LogP contribution >= 0.6 is 11.3 Å². The third-order valence-electron chi connectivity index (χ3n) is 4.61. The van der Waals surface area contributed by atoms with Crippen molar-refractivity contribution in [3.8, 4) is 0 Å². The second-order valence-electron chi connectivity index (χ2n) is 6.97. The molecule has 1 heterocycles. The van der Waals surface area contributed by atoms with Gasteiger partial charge in [-0.3, -0.25) is 9.69 Å². The van der Waals surface area contributed by atoms with Crippen molar-refractivity contribution in [1.82, 2.24) is 9.88 Å². The number of aryl methyl sites for hydroxylation is 2. The van der Waals surface area contributed by atoms with Crippen molar-refractivity contribution in [2.75, 3.05) is 32.1 Å². The van der Waals surface area contributed by atoms with Crippen molar-refractivity contribution in [2.24, 2.45) is 0 Å². The molecule has 3 aromatic rings. The molecule has 0 radical (unpaired) electrons. The topological polar surface area (TPSA) is 36.4 Å². The Labute approximate surface area is 163 Å². The number of carbonyl (C=O) groups is 1. The van der Waals surface area contributed by atoms with Gasteiger partial charge in [0.05, 0.1) is 10.2 Å². The first-order valence-corrected chi connectivity index (χ1v) is 9.77. The standard InChI is InChI=1S/C21H24FN3OS/c1-14-9-10-18-19(15(14)2)23-21(27-18)25(12-6-11-24(3)4)20(26)16-7-5-8-17(22)13-16/h5,7-10,13H,6,11-12H2,1-4H3. The third kappa shape index (κ3) is 4.34. The van der Waals surface area contributed by atoms with Crippen LogP contribution < -0.4 is 4.90 Å². The number of amides is 1. The smallest absolute Gasteiger partial charge is 0.260 e. The van der Waals surface area contributed by atoms with Gasteiger partial charge in [0.15, 0.2) is 5.13 Å². The number of thiazole rings is 1. The Bertz CT molecular complexity index is 967. The van der Waals surface area contributed by atoms with E-state index in [1.165, 1.54) is 29.0 Å². The second-order valence-corrected chi connectivity index (χ2v) is 7.98. The highest BCUT2D eigenvalue weighted by molar-refractivity contribution is 7.22. The minimum absolute atomic E-state index is 0.221. The summed E-state index contributed by atoms with van der Waals surface area (Å²) in [6.07, 6.45) is 0.808. The molecule has 27 heavy (non-hydrogen) atoms. The molecule has 0 aliphatic carbocycles. The molecule has 0 aliphatic rings. The maximum Gasteiger partial charge on any atom is 0.260 e. The number of carbonyl (C=O) groups excluding carboxylic acids is 1. The summed E-state index contributed by atoms with van der Waals surface area (Å²) in [5.74, 6) is -0.633. The normalized spacial score (nSPS) is 11.3. The Kier molecular flexibility index (Phi) is 5.87. The van der Waals surface area contributed by atoms with Crippen molar-refractivity contribution in [3.63, 3.8) is 0 Å². The van der Waals surface area contributed by atoms with E-state index >= 15 is 0 Å². The molecule has 0 unspecified atom stereocenters. The average Bonchev–Trinajstić information content (AvgIpc) is 3.06. The van der Waals surface area contributed by atoms with Crippen LogP contribution in [0.4, 0.5) is 9.52 Å². The van der Waals surface area contributed by atoms with Gasteiger partial charge in [-0.15, -0.1) is 0 Å². The SMILES string of the molecule is Cc1ccc2sc(N(CCCN(C)C)C(=O)c3cccc(F)c3)nc2c1C. The van der Waals surface area contributed by atoms with Gasteiger partial charge >= 0.3 is 0 Å². The van der Waals surface area contributed by atoms with Crippen LogP contribution in [0.3, 0.4) is 0 Å². The Morgan fingerprint density at radius 1 is 1.15 bits per heavy atom. The molecule has 0 fully saturated rings. The van der Waals surface area contributed by atoms with E-state index in [9.17, 15) is 9.18 Å². The molecule has 0 aliphatic heterocycles. The second kappa shape index (κ2) is 8.15. The van der Waals surface area contributed by atoms with Crippen molar-refractivity contribution in [3.05, 3.63) is 58.9 Å². The van der Waals surface area contributed by atoms with E-state index in [0.717, 1.165) is 28.7 Å². The summed E-state index contributed by atoms with van der Waals surface area (Å²) >= 11 is 1.50. The van der Waals surface area contributed by atoms with Crippen molar-refractivity contribution >= 4 is 32.6 Å². The first-order valence-electron chi connectivity index (χ1n) is 8.95. The molecule has 142 valence electrons. The highest BCUT2D eigenvalue weighted by Gasteiger charge is 2.22. The van der Waals surface area contributed by atoms with Gasteiger partial charge in [-0.25, -0.2) is 9.37 Å². The lowest BCUT2D eigenvalue weighted by Crippen LogP contribution is -2.33. The predicted octanol–water partition coefficient (Wildman–Crippen LogP) is 4.65. The Hall–Kier alpha value is -2.31. The number of anilines is 1. The number of hydrogen-bond acceptors (Lipinski definition) is 4. The molecule has 1 amide bonds. The van der Waals surface area contributed by atoms with Gasteiger partial charge < -0.3 is 4.90 Å². The Balaban J connectivity index is 1.98. The lowest BCUT2D eigenvalue weighted by Gasteiger charge is -2.21. The van der Waals surface area contributed by atoms with Gasteiger partial charge in [0.2, 0.25) is 0 Å². The van der Waals surface area contributed by atoms with Gasteiger partial charge in [0.1, 0.15) is 5.82 Å². The van der Waals surface area contributed by atoms with E-state index < -0.39 is 5.82 Å². The van der Waals surface area contributed by atoms with E-state index in [1.54, 1.807) is 17.0 Å². The third-order valence-corrected chi connectivity index (χ3v) is 5.65. The molecule has 0 N–H and O–H groups in total. The fourth-order valence-corrected chi connectivity index (χ4v) is 3.99. The number of benzene rings is 2. The van der Waals surface area contributed by atoms with E-state index in [4.69, 9.17) is 4.98 Å². The van der Waals surface area contributed by atoms with Gasteiger partial charge in [-0.2, -0.15) is 0 Å². The fraction of sp³-hybridized carbons (Fsp3) is 0.333. The molecule has 4 nitrogen and oxygen atoms in total. The molecular formula is C21H24FN3OS. The largest absolute Gasteiger partial charge is 0.309 e. The first-order chi connectivity index (χ1) is 12.9. The van der Waals surface area contributed by atoms with E-state index in [0.29, 0.717) is 17.2 Å². The van der Waals surface area contributed by atoms with Crippen LogP contribution in [0.15, 0.2) is 36.4 Å². The highest BCUT2D eigenvalue weighted by atomic mass is 32.1. The summed E-state index contributed by atoms with van der Waals surface area (Å²) in [6.45, 7) is 5.49. The average molecular weight is 386 g/mol. The van der Waals surface area contributed by atoms with Crippen LogP contribution in [0.1, 0.15) is 27.9 Å². The fourth-order valence-electron chi connectivity index (χ4n) is 2.94. The Morgan fingerprint density at radius 2 is 1.93 bits per heavy atom. The zero-order chi connectivity index (χ0) is 19.6. The summed E-state index contributed by atoms with van der Waals surface area (Å²) < 4.78 is 14.7. The van der Waals surface area contributed by atoms with E-state index in [2.05, 4.69) is 17.9 Å². The van der Waals surface area contributed by atoms with Crippen LogP contribution in [0.2, 0.25) is 0 Å². The molecular weight excluding hydrogens is 361 g/mol. The van der Waals surface area contributed by atoms with Crippen LogP contribution in [0.25, 0.3) is 10.2 Å². The van der Waals surface area contributed by atoms with Crippen LogP contribution in [-0.2, 0) is 0 Å². The minimum atomic E-state index is -0.412. The molecule has 0 saturated heterocycles. The zero-order valence-electron chi connectivity index (χ0n) is 16.1. The minimum Gasteiger partial charge on any atom is -0.309 e. The molecule has 0 bridgehead atoms. The molecule has 3 rings (SSSR count). The summed E-state index contributed by atoms with van der Waals surface area (Å²) in [5.41, 5.74) is 3.57. The molecule has 6 heteroatoms. The van der Waals surface area contributed by atoms with Crippen LogP contribution in [0.5, 0.6) is 0 Å². The van der Waals surface area contributed by atoms with Crippen LogP contribution in [-0.4, -0.2) is 43.0 Å². The number of aromatic nitrogens is 1. The quantitative estimate of drug-likeness (QED) is 0.620. The first kappa shape index (κ1) is 19.5. The molecule has 0 spiro atoms. The Morgan fingerprint density at radius 3 is 2.63 bits per heavy atom. The summed E-state index contributed by atoms with van der Waals surface area (Å²) in [7, 11) is 4.01. The molecule has 1 aromatic heterocycles. The molecule has 0 atom stereocenters. The highest BCUT2D eigenvalue weighted by Crippen LogP contribution is 2.32. The van der Waals surface area contributed by atoms with Gasteiger partial charge in [-0.1, -0.05) is 23.5 Å². The van der Waals surface area contributed by atoms with Crippen LogP contribution in [0, 0.1) is 19.7 Å². The maximum atomic E-state index is 13.6. The molecule has 0 saturated carbocycles. The molecule has 2 aromatic carbocycles. The number of rotatable bonds is 6. The van der Waals surface area contributed by atoms with E-state index in [1.807, 2.05) is 27.1 Å². The zero-order valence-corrected chi connectivity index (χ0v) is 16.9. The van der Waals surface area contributed by atoms with Crippen molar-refractivity contribution < 1.29 is 9.18 Å². The van der Waals surface area contributed by atoms with Gasteiger partial charge in [0, 0.05) is 12.1 Å². The van der Waals surface area contributed by atoms with Gasteiger partial charge in [0.25, 0.3) is 5.91 Å². The van der Waals surface area contributed by atoms with Crippen molar-refractivity contribution in [1.29, 1.82) is 0 Å². The number of fused-ring (bicyclic) bond motifs is 1. The summed E-state index contributed by atoms with van der Waals surface area (Å²) in [5, 5.41) is 0.659. The lowest BCUT2D eigenvalue weighted by molar-refractivity contribution is 0.0985.